The smallest absolute Gasteiger partial charge is 0.0693 e. The number of aromatic nitrogens is 4. The Hall–Kier alpha value is -4.18. The maximum Gasteiger partial charge on any atom is 0.0693 e. The minimum absolute atomic E-state index is 0.406. The van der Waals surface area contributed by atoms with E-state index in [1.54, 1.807) is 0 Å². The van der Waals surface area contributed by atoms with Crippen molar-refractivity contribution in [3.8, 4) is 0 Å². The van der Waals surface area contributed by atoms with E-state index in [9.17, 15) is 0 Å². The summed E-state index contributed by atoms with van der Waals surface area (Å²) in [4.78, 5) is 18.8. The third kappa shape index (κ3) is 4.85. The lowest BCUT2D eigenvalue weighted by molar-refractivity contribution is 0.528. The Morgan fingerprint density at radius 2 is 1.00 bits per heavy atom. The number of hydrogen-bond donors (Lipinski definition) is 2. The number of unbranched alkanes of at least 4 members (excludes halogenated alkanes) is 2. The number of fused-ring (bicyclic) bond motifs is 9. The van der Waals surface area contributed by atoms with E-state index in [1.165, 1.54) is 116 Å². The minimum Gasteiger partial charge on any atom is -0.355 e. The first-order chi connectivity index (χ1) is 23.4. The van der Waals surface area contributed by atoms with E-state index >= 15 is 0 Å². The van der Waals surface area contributed by atoms with Crippen molar-refractivity contribution in [1.82, 2.24) is 19.9 Å². The Morgan fingerprint density at radius 1 is 0.583 bits per heavy atom. The number of hydrogen-bond acceptors (Lipinski definition) is 2. The number of benzene rings is 1. The molecule has 0 radical (unpaired) electrons. The molecule has 246 valence electrons. The van der Waals surface area contributed by atoms with Gasteiger partial charge in [0.05, 0.1) is 22.8 Å². The van der Waals surface area contributed by atoms with Gasteiger partial charge in [-0.15, -0.1) is 0 Å². The summed E-state index contributed by atoms with van der Waals surface area (Å²) in [5.74, 6) is 0.811. The molecule has 0 saturated carbocycles. The van der Waals surface area contributed by atoms with Gasteiger partial charge in [-0.1, -0.05) is 64.8 Å². The lowest BCUT2D eigenvalue weighted by Gasteiger charge is -2.38. The fourth-order valence-corrected chi connectivity index (χ4v) is 9.27. The van der Waals surface area contributed by atoms with Crippen LogP contribution in [0.4, 0.5) is 0 Å². The molecule has 3 aliphatic carbocycles. The maximum absolute atomic E-state index is 5.44. The van der Waals surface area contributed by atoms with Crippen molar-refractivity contribution < 1.29 is 0 Å². The summed E-state index contributed by atoms with van der Waals surface area (Å²) < 4.78 is 0. The van der Waals surface area contributed by atoms with Gasteiger partial charge in [0.2, 0.25) is 0 Å². The molecule has 0 spiro atoms. The Bertz CT molecular complexity index is 2020. The van der Waals surface area contributed by atoms with E-state index < -0.39 is 0 Å². The van der Waals surface area contributed by atoms with Gasteiger partial charge in [-0.05, 0) is 145 Å². The molecule has 4 heteroatoms. The Balaban J connectivity index is 1.50. The monoisotopic (exact) mass is 634 g/mol. The molecule has 10 bridgehead atoms. The number of aryl methyl sites for hydroxylation is 2. The zero-order valence-electron chi connectivity index (χ0n) is 29.7. The van der Waals surface area contributed by atoms with Gasteiger partial charge in [-0.3, -0.25) is 0 Å². The summed E-state index contributed by atoms with van der Waals surface area (Å²) in [6, 6.07) is 18.7. The molecule has 0 fully saturated rings. The molecule has 0 amide bonds. The molecule has 3 aromatic heterocycles. The zero-order valence-corrected chi connectivity index (χ0v) is 29.7. The van der Waals surface area contributed by atoms with Crippen LogP contribution < -0.4 is 0 Å². The first-order valence-corrected chi connectivity index (χ1v) is 18.7. The molecular formula is C44H50N4. The van der Waals surface area contributed by atoms with E-state index in [-0.39, 0.29) is 0 Å². The average molecular weight is 635 g/mol. The predicted octanol–water partition coefficient (Wildman–Crippen LogP) is 12.1. The van der Waals surface area contributed by atoms with E-state index in [2.05, 4.69) is 100 Å². The first kappa shape index (κ1) is 31.1. The summed E-state index contributed by atoms with van der Waals surface area (Å²) in [6.45, 7) is 13.7. The van der Waals surface area contributed by atoms with Gasteiger partial charge in [-0.25, -0.2) is 9.97 Å². The molecule has 5 aliphatic rings. The van der Waals surface area contributed by atoms with Crippen molar-refractivity contribution in [2.75, 3.05) is 0 Å². The number of nitrogens with one attached hydrogen (secondary N) is 2. The Kier molecular flexibility index (Phi) is 8.01. The number of H-pyrrole nitrogens is 2. The van der Waals surface area contributed by atoms with E-state index in [4.69, 9.17) is 9.97 Å². The van der Waals surface area contributed by atoms with Gasteiger partial charge < -0.3 is 9.97 Å². The number of allylic oxidation sites excluding steroid dienone is 4. The molecule has 4 nitrogen and oxygen atoms in total. The van der Waals surface area contributed by atoms with Crippen LogP contribution in [0.2, 0.25) is 0 Å². The fourth-order valence-electron chi connectivity index (χ4n) is 9.27. The predicted molar refractivity (Wildman–Crippen MR) is 203 cm³/mol. The molecule has 2 aliphatic heterocycles. The standard InChI is InChI=1S/C44H50N4/c1-7-11-15-29-25(5)35-21-41-43-33-19-20-34(32-18-14-13-17-31(32)33)44(43)42(48-41)22-36-26(6)30(16-12-8-2)40(46-36)24-38-28(10-4)27(9-3)37(47-38)23-39(29)45-35/h13-14,17-18,21-24,33-34,47-48H,7-12,15-16,19-20H2,1-6H3. The molecule has 2 unspecified atom stereocenters. The third-order valence-corrected chi connectivity index (χ3v) is 11.8. The summed E-state index contributed by atoms with van der Waals surface area (Å²) in [6.07, 6.45) is 11.1. The highest BCUT2D eigenvalue weighted by atomic mass is 14.8. The van der Waals surface area contributed by atoms with Gasteiger partial charge in [0.1, 0.15) is 0 Å². The lowest BCUT2D eigenvalue weighted by atomic mass is 9.64. The molecule has 2 N–H and O–H groups in total. The van der Waals surface area contributed by atoms with Crippen LogP contribution in [0.15, 0.2) is 48.5 Å². The number of aromatic amines is 2. The maximum atomic E-state index is 5.44. The van der Waals surface area contributed by atoms with Gasteiger partial charge in [0, 0.05) is 33.9 Å². The summed E-state index contributed by atoms with van der Waals surface area (Å²) >= 11 is 0. The summed E-state index contributed by atoms with van der Waals surface area (Å²) in [5, 5.41) is 0. The van der Waals surface area contributed by atoms with Crippen molar-refractivity contribution in [3.05, 3.63) is 105 Å². The molecule has 0 saturated heterocycles. The Morgan fingerprint density at radius 3 is 1.42 bits per heavy atom. The van der Waals surface area contributed by atoms with Crippen LogP contribution in [-0.2, 0) is 12.8 Å². The highest BCUT2D eigenvalue weighted by Crippen LogP contribution is 2.55. The minimum atomic E-state index is 0.406. The van der Waals surface area contributed by atoms with Crippen molar-refractivity contribution >= 4 is 44.4 Å². The van der Waals surface area contributed by atoms with Crippen molar-refractivity contribution in [2.45, 2.75) is 118 Å². The normalized spacial score (nSPS) is 18.1. The van der Waals surface area contributed by atoms with Gasteiger partial charge in [0.25, 0.3) is 0 Å². The molecule has 2 atom stereocenters. The fraction of sp³-hybridized carbons (Fsp3) is 0.409. The topological polar surface area (TPSA) is 57.4 Å². The van der Waals surface area contributed by atoms with Gasteiger partial charge >= 0.3 is 0 Å². The third-order valence-electron chi connectivity index (χ3n) is 11.8. The highest BCUT2D eigenvalue weighted by molar-refractivity contribution is 5.95. The van der Waals surface area contributed by atoms with Crippen LogP contribution in [0.25, 0.3) is 44.4 Å². The summed E-state index contributed by atoms with van der Waals surface area (Å²) in [5.41, 5.74) is 23.5. The van der Waals surface area contributed by atoms with Crippen LogP contribution in [0.3, 0.4) is 0 Å². The number of nitrogens with zero attached hydrogens (tertiary/aromatic N) is 2. The van der Waals surface area contributed by atoms with Crippen LogP contribution in [0, 0.1) is 0 Å². The van der Waals surface area contributed by atoms with Gasteiger partial charge in [0.15, 0.2) is 0 Å². The Labute approximate surface area is 285 Å². The van der Waals surface area contributed by atoms with Crippen LogP contribution in [-0.4, -0.2) is 19.9 Å². The van der Waals surface area contributed by atoms with E-state index in [1.807, 2.05) is 0 Å². The van der Waals surface area contributed by atoms with Crippen LogP contribution in [0.1, 0.15) is 161 Å². The first-order valence-electron chi connectivity index (χ1n) is 18.7. The molecule has 5 heterocycles. The molecule has 48 heavy (non-hydrogen) atoms. The SMILES string of the molecule is CCCCC1=C(C)c2cc3[nH]c(cc4nc(cc5[nH]c(cc1n2)c(CC)c5CC)C(CCCC)=C4C)c1c3C2CCC1c1ccccc12. The second kappa shape index (κ2) is 12.4. The molecule has 1 aromatic carbocycles. The van der Waals surface area contributed by atoms with Crippen LogP contribution >= 0.6 is 0 Å². The van der Waals surface area contributed by atoms with Crippen molar-refractivity contribution in [3.63, 3.8) is 0 Å². The van der Waals surface area contributed by atoms with E-state index in [0.29, 0.717) is 11.8 Å². The van der Waals surface area contributed by atoms with Gasteiger partial charge in [-0.2, -0.15) is 0 Å². The van der Waals surface area contributed by atoms with Crippen LogP contribution in [0.5, 0.6) is 0 Å². The molecular weight excluding hydrogens is 585 g/mol. The zero-order chi connectivity index (χ0) is 33.1. The van der Waals surface area contributed by atoms with E-state index in [0.717, 1.165) is 48.5 Å². The molecule has 4 aromatic rings. The second-order valence-electron chi connectivity index (χ2n) is 14.5. The second-order valence-corrected chi connectivity index (χ2v) is 14.5. The van der Waals surface area contributed by atoms with Crippen molar-refractivity contribution in [1.29, 1.82) is 0 Å². The average Bonchev–Trinajstić information content (AvgIpc) is 3.81. The lowest BCUT2D eigenvalue weighted by Crippen LogP contribution is -2.23. The van der Waals surface area contributed by atoms with Crippen molar-refractivity contribution in [2.24, 2.45) is 0 Å². The molecule has 9 rings (SSSR count). The highest BCUT2D eigenvalue weighted by Gasteiger charge is 2.40. The largest absolute Gasteiger partial charge is 0.355 e. The summed E-state index contributed by atoms with van der Waals surface area (Å²) in [7, 11) is 0. The quantitative estimate of drug-likeness (QED) is 0.203. The number of rotatable bonds is 8.